The van der Waals surface area contributed by atoms with E-state index >= 15 is 0 Å². The average molecular weight is 249 g/mol. The lowest BCUT2D eigenvalue weighted by Gasteiger charge is -2.02. The normalized spacial score (nSPS) is 15.5. The maximum atomic E-state index is 12.1. The highest BCUT2D eigenvalue weighted by Crippen LogP contribution is 2.33. The molecule has 0 atom stereocenters. The maximum Gasteiger partial charge on any atom is 0.256 e. The monoisotopic (exact) mass is 249 g/mol. The molecule has 1 heterocycles. The molecular weight excluding hydrogens is 234 g/mol. The third-order valence-electron chi connectivity index (χ3n) is 3.45. The Balaban J connectivity index is 2.14. The number of rotatable bonds is 1. The molecule has 19 heavy (non-hydrogen) atoms. The van der Waals surface area contributed by atoms with Crippen LogP contribution in [0.5, 0.6) is 0 Å². The van der Waals surface area contributed by atoms with Crippen LogP contribution in [0.4, 0.5) is 5.69 Å². The number of hydrogen-bond donors (Lipinski definition) is 1. The van der Waals surface area contributed by atoms with Gasteiger partial charge in [0.1, 0.15) is 0 Å². The quantitative estimate of drug-likeness (QED) is 0.765. The Morgan fingerprint density at radius 2 is 1.84 bits per heavy atom. The molecule has 0 radical (unpaired) electrons. The van der Waals surface area contributed by atoms with Crippen LogP contribution in [0.15, 0.2) is 42.5 Å². The summed E-state index contributed by atoms with van der Waals surface area (Å²) in [5.74, 6) is -0.0242. The smallest absolute Gasteiger partial charge is 0.256 e. The predicted molar refractivity (Wildman–Crippen MR) is 78.9 cm³/mol. The van der Waals surface area contributed by atoms with E-state index in [1.165, 1.54) is 5.56 Å². The number of anilines is 1. The molecule has 3 rings (SSSR count). The third kappa shape index (κ3) is 2.06. The molecule has 0 saturated carbocycles. The van der Waals surface area contributed by atoms with Gasteiger partial charge in [-0.05, 0) is 43.2 Å². The molecule has 0 spiro atoms. The lowest BCUT2D eigenvalue weighted by atomic mass is 10.0. The fourth-order valence-corrected chi connectivity index (χ4v) is 2.35. The average Bonchev–Trinajstić information content (AvgIpc) is 2.69. The Kier molecular flexibility index (Phi) is 2.71. The Hall–Kier alpha value is -2.35. The zero-order valence-corrected chi connectivity index (χ0v) is 11.0. The van der Waals surface area contributed by atoms with Gasteiger partial charge < -0.3 is 5.32 Å². The van der Waals surface area contributed by atoms with Gasteiger partial charge in [-0.3, -0.25) is 4.79 Å². The fraction of sp³-hybridized carbons (Fsp3) is 0.118. The van der Waals surface area contributed by atoms with Gasteiger partial charge in [0, 0.05) is 16.8 Å². The number of hydrogen-bond acceptors (Lipinski definition) is 1. The molecule has 2 aromatic carbocycles. The van der Waals surface area contributed by atoms with Crippen LogP contribution in [0.1, 0.15) is 22.3 Å². The van der Waals surface area contributed by atoms with Crippen molar-refractivity contribution in [1.82, 2.24) is 0 Å². The minimum atomic E-state index is -0.0242. The molecule has 2 heteroatoms. The van der Waals surface area contributed by atoms with Crippen molar-refractivity contribution in [2.45, 2.75) is 13.8 Å². The molecule has 1 aliphatic rings. The second-order valence-corrected chi connectivity index (χ2v) is 4.92. The summed E-state index contributed by atoms with van der Waals surface area (Å²) < 4.78 is 0. The van der Waals surface area contributed by atoms with Crippen LogP contribution in [-0.2, 0) is 4.79 Å². The first kappa shape index (κ1) is 11.7. The number of carbonyl (C=O) groups excluding carboxylic acids is 1. The largest absolute Gasteiger partial charge is 0.321 e. The molecular formula is C17H15NO. The Morgan fingerprint density at radius 1 is 1.05 bits per heavy atom. The highest BCUT2D eigenvalue weighted by molar-refractivity contribution is 6.35. The molecule has 1 amide bonds. The fourth-order valence-electron chi connectivity index (χ4n) is 2.35. The Bertz CT molecular complexity index is 698. The number of nitrogens with one attached hydrogen (secondary N) is 1. The summed E-state index contributed by atoms with van der Waals surface area (Å²) in [5.41, 5.74) is 6.05. The van der Waals surface area contributed by atoms with Crippen LogP contribution in [0.2, 0.25) is 0 Å². The van der Waals surface area contributed by atoms with Crippen LogP contribution in [0, 0.1) is 13.8 Å². The van der Waals surface area contributed by atoms with Gasteiger partial charge in [-0.2, -0.15) is 0 Å². The van der Waals surface area contributed by atoms with E-state index in [-0.39, 0.29) is 5.91 Å². The highest BCUT2D eigenvalue weighted by atomic mass is 16.2. The van der Waals surface area contributed by atoms with Crippen molar-refractivity contribution in [3.8, 4) is 0 Å². The molecule has 0 bridgehead atoms. The van der Waals surface area contributed by atoms with E-state index in [0.29, 0.717) is 0 Å². The standard InChI is InChI=1S/C17H15NO/c1-11-7-8-16-14(9-11)15(17(19)18-16)10-13-6-4-3-5-12(13)2/h3-10H,1-2H3,(H,18,19). The summed E-state index contributed by atoms with van der Waals surface area (Å²) in [5, 5.41) is 2.91. The summed E-state index contributed by atoms with van der Waals surface area (Å²) in [7, 11) is 0. The van der Waals surface area contributed by atoms with Gasteiger partial charge >= 0.3 is 0 Å². The summed E-state index contributed by atoms with van der Waals surface area (Å²) in [6.45, 7) is 4.09. The summed E-state index contributed by atoms with van der Waals surface area (Å²) >= 11 is 0. The van der Waals surface area contributed by atoms with Gasteiger partial charge in [0.25, 0.3) is 5.91 Å². The first-order valence-corrected chi connectivity index (χ1v) is 6.35. The lowest BCUT2D eigenvalue weighted by molar-refractivity contribution is -0.110. The zero-order valence-electron chi connectivity index (χ0n) is 11.0. The summed E-state index contributed by atoms with van der Waals surface area (Å²) in [6.07, 6.45) is 1.97. The molecule has 0 aromatic heterocycles. The lowest BCUT2D eigenvalue weighted by Crippen LogP contribution is -2.03. The van der Waals surface area contributed by atoms with Crippen molar-refractivity contribution < 1.29 is 4.79 Å². The van der Waals surface area contributed by atoms with E-state index in [9.17, 15) is 4.79 Å². The van der Waals surface area contributed by atoms with Crippen LogP contribution in [0.25, 0.3) is 11.6 Å². The van der Waals surface area contributed by atoms with Crippen LogP contribution in [-0.4, -0.2) is 5.91 Å². The van der Waals surface area contributed by atoms with Crippen molar-refractivity contribution in [2.24, 2.45) is 0 Å². The second-order valence-electron chi connectivity index (χ2n) is 4.92. The van der Waals surface area contributed by atoms with Crippen LogP contribution < -0.4 is 5.32 Å². The summed E-state index contributed by atoms with van der Waals surface area (Å²) in [6, 6.07) is 14.1. The SMILES string of the molecule is Cc1ccc2c(c1)C(=Cc1ccccc1C)C(=O)N2. The number of fused-ring (bicyclic) bond motifs is 1. The van der Waals surface area contributed by atoms with E-state index < -0.39 is 0 Å². The van der Waals surface area contributed by atoms with Crippen LogP contribution in [0.3, 0.4) is 0 Å². The number of aryl methyl sites for hydroxylation is 2. The Morgan fingerprint density at radius 3 is 2.63 bits per heavy atom. The molecule has 0 aliphatic carbocycles. The molecule has 2 nitrogen and oxygen atoms in total. The van der Waals surface area contributed by atoms with Crippen molar-refractivity contribution in [3.05, 3.63) is 64.7 Å². The van der Waals surface area contributed by atoms with E-state index in [2.05, 4.69) is 24.4 Å². The molecule has 1 N–H and O–H groups in total. The number of benzene rings is 2. The molecule has 0 unspecified atom stereocenters. The van der Waals surface area contributed by atoms with Crippen molar-refractivity contribution in [3.63, 3.8) is 0 Å². The molecule has 2 aromatic rings. The van der Waals surface area contributed by atoms with Crippen LogP contribution >= 0.6 is 0 Å². The molecule has 1 aliphatic heterocycles. The van der Waals surface area contributed by atoms with Gasteiger partial charge in [0.05, 0.1) is 0 Å². The topological polar surface area (TPSA) is 29.1 Å². The number of amides is 1. The Labute approximate surface area is 112 Å². The van der Waals surface area contributed by atoms with Gasteiger partial charge in [0.2, 0.25) is 0 Å². The minimum absolute atomic E-state index is 0.0242. The first-order chi connectivity index (χ1) is 9.15. The van der Waals surface area contributed by atoms with Crippen molar-refractivity contribution >= 4 is 23.2 Å². The summed E-state index contributed by atoms with van der Waals surface area (Å²) in [4.78, 5) is 12.1. The van der Waals surface area contributed by atoms with Gasteiger partial charge in [-0.1, -0.05) is 35.9 Å². The van der Waals surface area contributed by atoms with Gasteiger partial charge in [-0.25, -0.2) is 0 Å². The third-order valence-corrected chi connectivity index (χ3v) is 3.45. The highest BCUT2D eigenvalue weighted by Gasteiger charge is 2.23. The molecule has 94 valence electrons. The van der Waals surface area contributed by atoms with E-state index in [1.807, 2.05) is 43.3 Å². The second kappa shape index (κ2) is 4.39. The molecule has 0 fully saturated rings. The number of carbonyl (C=O) groups is 1. The van der Waals surface area contributed by atoms with E-state index in [1.54, 1.807) is 0 Å². The van der Waals surface area contributed by atoms with Gasteiger partial charge in [0.15, 0.2) is 0 Å². The van der Waals surface area contributed by atoms with E-state index in [4.69, 9.17) is 0 Å². The minimum Gasteiger partial charge on any atom is -0.321 e. The van der Waals surface area contributed by atoms with Gasteiger partial charge in [-0.15, -0.1) is 0 Å². The maximum absolute atomic E-state index is 12.1. The zero-order chi connectivity index (χ0) is 13.4. The van der Waals surface area contributed by atoms with E-state index in [0.717, 1.165) is 28.0 Å². The first-order valence-electron chi connectivity index (χ1n) is 6.35. The predicted octanol–water partition coefficient (Wildman–Crippen LogP) is 3.80. The van der Waals surface area contributed by atoms with Crippen molar-refractivity contribution in [2.75, 3.05) is 5.32 Å². The molecule has 0 saturated heterocycles. The van der Waals surface area contributed by atoms with Crippen molar-refractivity contribution in [1.29, 1.82) is 0 Å².